The molecule has 3 nitrogen and oxygen atoms in total. The summed E-state index contributed by atoms with van der Waals surface area (Å²) in [5.41, 5.74) is 1.23. The second-order valence-electron chi connectivity index (χ2n) is 4.41. The van der Waals surface area contributed by atoms with Gasteiger partial charge in [0, 0.05) is 18.8 Å². The molecule has 0 saturated heterocycles. The van der Waals surface area contributed by atoms with Crippen LogP contribution in [0.3, 0.4) is 0 Å². The quantitative estimate of drug-likeness (QED) is 0.776. The van der Waals surface area contributed by atoms with Crippen LogP contribution in [0.2, 0.25) is 0 Å². The van der Waals surface area contributed by atoms with Crippen molar-refractivity contribution in [1.82, 2.24) is 15.1 Å². The Labute approximate surface area is 86.5 Å². The summed E-state index contributed by atoms with van der Waals surface area (Å²) >= 11 is 0. The smallest absolute Gasteiger partial charge is 0.0518 e. The van der Waals surface area contributed by atoms with Crippen LogP contribution in [0.4, 0.5) is 0 Å². The third-order valence-corrected chi connectivity index (χ3v) is 2.14. The van der Waals surface area contributed by atoms with Crippen molar-refractivity contribution in [2.45, 2.75) is 40.3 Å². The zero-order valence-electron chi connectivity index (χ0n) is 9.62. The first-order valence-corrected chi connectivity index (χ1v) is 5.30. The molecule has 0 aliphatic carbocycles. The van der Waals surface area contributed by atoms with Crippen molar-refractivity contribution in [2.24, 2.45) is 5.92 Å². The van der Waals surface area contributed by atoms with Gasteiger partial charge in [-0.05, 0) is 24.9 Å². The second-order valence-corrected chi connectivity index (χ2v) is 4.41. The number of nitrogens with zero attached hydrogens (tertiary/aromatic N) is 2. The molecule has 0 aliphatic rings. The van der Waals surface area contributed by atoms with Crippen LogP contribution in [0, 0.1) is 12.8 Å². The fourth-order valence-electron chi connectivity index (χ4n) is 1.39. The molecule has 1 N–H and O–H groups in total. The lowest BCUT2D eigenvalue weighted by molar-refractivity contribution is 0.406. The van der Waals surface area contributed by atoms with Gasteiger partial charge in [-0.25, -0.2) is 0 Å². The highest BCUT2D eigenvalue weighted by molar-refractivity contribution is 4.99. The monoisotopic (exact) mass is 195 g/mol. The highest BCUT2D eigenvalue weighted by Gasteiger charge is 2.04. The minimum absolute atomic E-state index is 0.566. The molecule has 0 saturated carbocycles. The second kappa shape index (κ2) is 5.15. The van der Waals surface area contributed by atoms with E-state index in [2.05, 4.69) is 44.3 Å². The Morgan fingerprint density at radius 2 is 2.14 bits per heavy atom. The minimum atomic E-state index is 0.566. The first kappa shape index (κ1) is 11.2. The summed E-state index contributed by atoms with van der Waals surface area (Å²) in [6.07, 6.45) is 3.99. The molecule has 0 bridgehead atoms. The number of aromatic nitrogens is 2. The zero-order valence-corrected chi connectivity index (χ0v) is 9.62. The molecule has 80 valence electrons. The fraction of sp³-hybridized carbons (Fsp3) is 0.727. The molecule has 1 aromatic heterocycles. The number of aryl methyl sites for hydroxylation is 1. The fourth-order valence-corrected chi connectivity index (χ4v) is 1.39. The standard InChI is InChI=1S/C11H21N3/c1-9(2)12-5-10(3)7-14-8-11(4)6-13-14/h6,8-10,12H,5,7H2,1-4H3. The highest BCUT2D eigenvalue weighted by atomic mass is 15.3. The van der Waals surface area contributed by atoms with Crippen LogP contribution >= 0.6 is 0 Å². The first-order valence-electron chi connectivity index (χ1n) is 5.30. The van der Waals surface area contributed by atoms with Gasteiger partial charge >= 0.3 is 0 Å². The summed E-state index contributed by atoms with van der Waals surface area (Å²) < 4.78 is 2.02. The summed E-state index contributed by atoms with van der Waals surface area (Å²) in [6, 6.07) is 0.566. The van der Waals surface area contributed by atoms with Gasteiger partial charge in [-0.2, -0.15) is 5.10 Å². The molecule has 1 atom stereocenters. The Morgan fingerprint density at radius 3 is 2.64 bits per heavy atom. The van der Waals surface area contributed by atoms with Crippen molar-refractivity contribution in [2.75, 3.05) is 6.54 Å². The number of hydrogen-bond acceptors (Lipinski definition) is 2. The highest BCUT2D eigenvalue weighted by Crippen LogP contribution is 2.01. The third-order valence-electron chi connectivity index (χ3n) is 2.14. The van der Waals surface area contributed by atoms with Gasteiger partial charge in [0.25, 0.3) is 0 Å². The molecule has 14 heavy (non-hydrogen) atoms. The maximum atomic E-state index is 4.27. The molecule has 0 aromatic carbocycles. The average Bonchev–Trinajstić information content (AvgIpc) is 2.48. The topological polar surface area (TPSA) is 29.9 Å². The van der Waals surface area contributed by atoms with E-state index in [9.17, 15) is 0 Å². The Bertz CT molecular complexity index is 265. The van der Waals surface area contributed by atoms with Crippen LogP contribution in [0.25, 0.3) is 0 Å². The van der Waals surface area contributed by atoms with E-state index in [4.69, 9.17) is 0 Å². The Morgan fingerprint density at radius 1 is 1.43 bits per heavy atom. The molecule has 0 aliphatic heterocycles. The van der Waals surface area contributed by atoms with Gasteiger partial charge in [0.1, 0.15) is 0 Å². The van der Waals surface area contributed by atoms with Gasteiger partial charge in [-0.3, -0.25) is 4.68 Å². The van der Waals surface area contributed by atoms with Crippen molar-refractivity contribution in [3.63, 3.8) is 0 Å². The lowest BCUT2D eigenvalue weighted by Crippen LogP contribution is -2.29. The number of rotatable bonds is 5. The summed E-state index contributed by atoms with van der Waals surface area (Å²) in [5, 5.41) is 7.70. The van der Waals surface area contributed by atoms with Gasteiger partial charge in [-0.1, -0.05) is 20.8 Å². The van der Waals surface area contributed by atoms with E-state index in [0.29, 0.717) is 12.0 Å². The summed E-state index contributed by atoms with van der Waals surface area (Å²) in [6.45, 7) is 10.7. The molecule has 1 aromatic rings. The van der Waals surface area contributed by atoms with E-state index in [1.165, 1.54) is 5.56 Å². The molecule has 1 rings (SSSR count). The van der Waals surface area contributed by atoms with E-state index < -0.39 is 0 Å². The number of hydrogen-bond donors (Lipinski definition) is 1. The lowest BCUT2D eigenvalue weighted by atomic mass is 10.2. The molecule has 1 unspecified atom stereocenters. The first-order chi connectivity index (χ1) is 6.58. The Hall–Kier alpha value is -0.830. The van der Waals surface area contributed by atoms with Crippen molar-refractivity contribution in [3.05, 3.63) is 18.0 Å². The maximum Gasteiger partial charge on any atom is 0.0518 e. The van der Waals surface area contributed by atoms with Gasteiger partial charge in [0.15, 0.2) is 0 Å². The van der Waals surface area contributed by atoms with E-state index in [0.717, 1.165) is 13.1 Å². The van der Waals surface area contributed by atoms with Crippen molar-refractivity contribution < 1.29 is 0 Å². The van der Waals surface area contributed by atoms with Crippen LogP contribution in [0.1, 0.15) is 26.3 Å². The van der Waals surface area contributed by atoms with Gasteiger partial charge < -0.3 is 5.32 Å². The SMILES string of the molecule is Cc1cnn(CC(C)CNC(C)C)c1. The molecule has 0 amide bonds. The van der Waals surface area contributed by atoms with Gasteiger partial charge in [0.2, 0.25) is 0 Å². The zero-order chi connectivity index (χ0) is 10.6. The Kier molecular flexibility index (Phi) is 4.14. The third kappa shape index (κ3) is 3.92. The normalized spacial score (nSPS) is 13.5. The molecule has 0 spiro atoms. The summed E-state index contributed by atoms with van der Waals surface area (Å²) in [7, 11) is 0. The lowest BCUT2D eigenvalue weighted by Gasteiger charge is -2.14. The van der Waals surface area contributed by atoms with E-state index in [1.54, 1.807) is 0 Å². The van der Waals surface area contributed by atoms with E-state index in [-0.39, 0.29) is 0 Å². The van der Waals surface area contributed by atoms with Crippen molar-refractivity contribution >= 4 is 0 Å². The minimum Gasteiger partial charge on any atom is -0.314 e. The predicted octanol–water partition coefficient (Wildman–Crippen LogP) is 1.83. The van der Waals surface area contributed by atoms with Crippen LogP contribution in [0.15, 0.2) is 12.4 Å². The molecular weight excluding hydrogens is 174 g/mol. The molecule has 3 heteroatoms. The van der Waals surface area contributed by atoms with Crippen molar-refractivity contribution in [3.8, 4) is 0 Å². The molecule has 0 fully saturated rings. The van der Waals surface area contributed by atoms with Crippen LogP contribution in [0.5, 0.6) is 0 Å². The number of nitrogens with one attached hydrogen (secondary N) is 1. The molecule has 1 heterocycles. The van der Waals surface area contributed by atoms with Crippen LogP contribution in [-0.2, 0) is 6.54 Å². The van der Waals surface area contributed by atoms with E-state index >= 15 is 0 Å². The predicted molar refractivity (Wildman–Crippen MR) is 59.3 cm³/mol. The van der Waals surface area contributed by atoms with Crippen LogP contribution < -0.4 is 5.32 Å². The van der Waals surface area contributed by atoms with Gasteiger partial charge in [0.05, 0.1) is 6.20 Å². The Balaban J connectivity index is 2.30. The average molecular weight is 195 g/mol. The van der Waals surface area contributed by atoms with E-state index in [1.807, 2.05) is 10.9 Å². The van der Waals surface area contributed by atoms with Crippen LogP contribution in [-0.4, -0.2) is 22.4 Å². The molecular formula is C11H21N3. The van der Waals surface area contributed by atoms with Gasteiger partial charge in [-0.15, -0.1) is 0 Å². The summed E-state index contributed by atoms with van der Waals surface area (Å²) in [4.78, 5) is 0. The molecule has 0 radical (unpaired) electrons. The largest absolute Gasteiger partial charge is 0.314 e. The maximum absolute atomic E-state index is 4.27. The summed E-state index contributed by atoms with van der Waals surface area (Å²) in [5.74, 6) is 0.622. The van der Waals surface area contributed by atoms with Crippen molar-refractivity contribution in [1.29, 1.82) is 0 Å².